The van der Waals surface area contributed by atoms with Crippen LogP contribution in [0.25, 0.3) is 0 Å². The Morgan fingerprint density at radius 2 is 2.08 bits per heavy atom. The zero-order chi connectivity index (χ0) is 10.1. The fraction of sp³-hybridized carbons (Fsp3) is 1.00. The fourth-order valence-electron chi connectivity index (χ4n) is 1.66. The molecule has 0 saturated carbocycles. The first-order valence-corrected chi connectivity index (χ1v) is 5.18. The maximum Gasteiger partial charge on any atom is 0.158 e. The summed E-state index contributed by atoms with van der Waals surface area (Å²) in [6.45, 7) is 11.6. The maximum atomic E-state index is 5.93. The zero-order valence-corrected chi connectivity index (χ0v) is 9.52. The number of hydrogen-bond donors (Lipinski definition) is 0. The van der Waals surface area contributed by atoms with Gasteiger partial charge in [-0.05, 0) is 25.7 Å². The topological polar surface area (TPSA) is 18.5 Å². The molecule has 0 amide bonds. The largest absolute Gasteiger partial charge is 0.353 e. The molecule has 78 valence electrons. The molecule has 0 aliphatic carbocycles. The average molecular weight is 186 g/mol. The van der Waals surface area contributed by atoms with Gasteiger partial charge in [-0.3, -0.25) is 0 Å². The molecule has 0 N–H and O–H groups in total. The van der Waals surface area contributed by atoms with E-state index in [1.807, 2.05) is 6.92 Å². The van der Waals surface area contributed by atoms with Crippen molar-refractivity contribution in [2.24, 2.45) is 5.41 Å². The van der Waals surface area contributed by atoms with E-state index >= 15 is 0 Å². The van der Waals surface area contributed by atoms with Crippen LogP contribution in [-0.2, 0) is 9.47 Å². The van der Waals surface area contributed by atoms with Crippen molar-refractivity contribution in [3.8, 4) is 0 Å². The van der Waals surface area contributed by atoms with Crippen molar-refractivity contribution in [2.45, 2.75) is 59.4 Å². The van der Waals surface area contributed by atoms with Crippen LogP contribution in [0.2, 0.25) is 0 Å². The van der Waals surface area contributed by atoms with Crippen LogP contribution in [0.5, 0.6) is 0 Å². The maximum absolute atomic E-state index is 5.93. The molecule has 0 bridgehead atoms. The SMILES string of the molecule is CCO[C@@H]1CC[C@](C)(C(C)(C)C)O1. The van der Waals surface area contributed by atoms with Gasteiger partial charge >= 0.3 is 0 Å². The van der Waals surface area contributed by atoms with Crippen LogP contribution < -0.4 is 0 Å². The van der Waals surface area contributed by atoms with Crippen LogP contribution in [0.3, 0.4) is 0 Å². The summed E-state index contributed by atoms with van der Waals surface area (Å²) < 4.78 is 11.4. The van der Waals surface area contributed by atoms with Crippen molar-refractivity contribution in [1.82, 2.24) is 0 Å². The van der Waals surface area contributed by atoms with Crippen LogP contribution in [0, 0.1) is 5.41 Å². The first kappa shape index (κ1) is 11.0. The predicted molar refractivity (Wildman–Crippen MR) is 53.6 cm³/mol. The van der Waals surface area contributed by atoms with Crippen molar-refractivity contribution < 1.29 is 9.47 Å². The molecular formula is C11H22O2. The van der Waals surface area contributed by atoms with Crippen LogP contribution in [0.15, 0.2) is 0 Å². The summed E-state index contributed by atoms with van der Waals surface area (Å²) in [5.41, 5.74) is 0.172. The Morgan fingerprint density at radius 1 is 1.46 bits per heavy atom. The fourth-order valence-corrected chi connectivity index (χ4v) is 1.66. The van der Waals surface area contributed by atoms with E-state index in [-0.39, 0.29) is 17.3 Å². The Labute approximate surface area is 81.6 Å². The monoisotopic (exact) mass is 186 g/mol. The second-order valence-corrected chi connectivity index (χ2v) is 5.02. The second-order valence-electron chi connectivity index (χ2n) is 5.02. The summed E-state index contributed by atoms with van der Waals surface area (Å²) in [7, 11) is 0. The van der Waals surface area contributed by atoms with Gasteiger partial charge in [0.2, 0.25) is 0 Å². The van der Waals surface area contributed by atoms with E-state index in [1.54, 1.807) is 0 Å². The Balaban J connectivity index is 2.56. The van der Waals surface area contributed by atoms with Gasteiger partial charge in [-0.25, -0.2) is 0 Å². The molecule has 1 saturated heterocycles. The molecule has 1 fully saturated rings. The lowest BCUT2D eigenvalue weighted by Crippen LogP contribution is -2.40. The highest BCUT2D eigenvalue weighted by Crippen LogP contribution is 2.43. The van der Waals surface area contributed by atoms with Gasteiger partial charge in [-0.15, -0.1) is 0 Å². The molecule has 0 aromatic heterocycles. The van der Waals surface area contributed by atoms with Gasteiger partial charge in [0.05, 0.1) is 5.60 Å². The molecule has 1 aliphatic rings. The van der Waals surface area contributed by atoms with Crippen molar-refractivity contribution in [3.05, 3.63) is 0 Å². The van der Waals surface area contributed by atoms with Crippen molar-refractivity contribution in [3.63, 3.8) is 0 Å². The molecule has 0 radical (unpaired) electrons. The molecule has 2 heteroatoms. The minimum absolute atomic E-state index is 0.0210. The lowest BCUT2D eigenvalue weighted by molar-refractivity contribution is -0.189. The first-order chi connectivity index (χ1) is 5.89. The standard InChI is InChI=1S/C11H22O2/c1-6-12-9-7-8-11(5,13-9)10(2,3)4/h9H,6-8H2,1-5H3/t9-,11+/m0/s1. The van der Waals surface area contributed by atoms with E-state index in [0.29, 0.717) is 0 Å². The molecule has 0 aromatic carbocycles. The van der Waals surface area contributed by atoms with Gasteiger partial charge in [0.25, 0.3) is 0 Å². The molecule has 1 heterocycles. The zero-order valence-electron chi connectivity index (χ0n) is 9.52. The average Bonchev–Trinajstić information content (AvgIpc) is 2.32. The summed E-state index contributed by atoms with van der Waals surface area (Å²) in [4.78, 5) is 0. The number of rotatable bonds is 2. The third kappa shape index (κ3) is 2.23. The van der Waals surface area contributed by atoms with Gasteiger partial charge in [0.15, 0.2) is 6.29 Å². The molecule has 1 aliphatic heterocycles. The van der Waals surface area contributed by atoms with Crippen LogP contribution in [0.4, 0.5) is 0 Å². The minimum atomic E-state index is -0.0210. The Kier molecular flexibility index (Phi) is 3.03. The van der Waals surface area contributed by atoms with Crippen molar-refractivity contribution in [1.29, 1.82) is 0 Å². The summed E-state index contributed by atoms with van der Waals surface area (Å²) in [5.74, 6) is 0. The number of ether oxygens (including phenoxy) is 2. The first-order valence-electron chi connectivity index (χ1n) is 5.18. The lowest BCUT2D eigenvalue weighted by Gasteiger charge is -2.38. The minimum Gasteiger partial charge on any atom is -0.353 e. The smallest absolute Gasteiger partial charge is 0.158 e. The highest BCUT2D eigenvalue weighted by molar-refractivity contribution is 4.92. The lowest BCUT2D eigenvalue weighted by atomic mass is 9.76. The third-order valence-corrected chi connectivity index (χ3v) is 3.19. The van der Waals surface area contributed by atoms with Gasteiger partial charge in [-0.1, -0.05) is 20.8 Å². The van der Waals surface area contributed by atoms with E-state index in [2.05, 4.69) is 27.7 Å². The van der Waals surface area contributed by atoms with E-state index < -0.39 is 0 Å². The number of hydrogen-bond acceptors (Lipinski definition) is 2. The van der Waals surface area contributed by atoms with E-state index in [0.717, 1.165) is 19.4 Å². The van der Waals surface area contributed by atoms with E-state index in [1.165, 1.54) is 0 Å². The predicted octanol–water partition coefficient (Wildman–Crippen LogP) is 2.96. The Hall–Kier alpha value is -0.0800. The summed E-state index contributed by atoms with van der Waals surface area (Å²) >= 11 is 0. The Morgan fingerprint density at radius 3 is 2.46 bits per heavy atom. The van der Waals surface area contributed by atoms with E-state index in [9.17, 15) is 0 Å². The van der Waals surface area contributed by atoms with Crippen molar-refractivity contribution >= 4 is 0 Å². The highest BCUT2D eigenvalue weighted by atomic mass is 16.7. The summed E-state index contributed by atoms with van der Waals surface area (Å²) in [6, 6.07) is 0. The second kappa shape index (κ2) is 3.58. The molecule has 0 unspecified atom stereocenters. The van der Waals surface area contributed by atoms with E-state index in [4.69, 9.17) is 9.47 Å². The normalized spacial score (nSPS) is 35.3. The molecule has 0 aromatic rings. The molecule has 2 atom stereocenters. The third-order valence-electron chi connectivity index (χ3n) is 3.19. The Bertz CT molecular complexity index is 171. The van der Waals surface area contributed by atoms with Crippen LogP contribution in [-0.4, -0.2) is 18.5 Å². The summed E-state index contributed by atoms with van der Waals surface area (Å²) in [6.07, 6.45) is 2.15. The molecular weight excluding hydrogens is 164 g/mol. The molecule has 2 nitrogen and oxygen atoms in total. The quantitative estimate of drug-likeness (QED) is 0.660. The highest BCUT2D eigenvalue weighted by Gasteiger charge is 2.45. The van der Waals surface area contributed by atoms with Gasteiger partial charge in [0, 0.05) is 13.0 Å². The van der Waals surface area contributed by atoms with Crippen molar-refractivity contribution in [2.75, 3.05) is 6.61 Å². The van der Waals surface area contributed by atoms with Crippen LogP contribution in [0.1, 0.15) is 47.5 Å². The van der Waals surface area contributed by atoms with Crippen LogP contribution >= 0.6 is 0 Å². The van der Waals surface area contributed by atoms with Gasteiger partial charge in [0.1, 0.15) is 0 Å². The molecule has 1 rings (SSSR count). The molecule has 0 spiro atoms. The van der Waals surface area contributed by atoms with Gasteiger partial charge < -0.3 is 9.47 Å². The summed E-state index contributed by atoms with van der Waals surface area (Å²) in [5, 5.41) is 0. The molecule has 13 heavy (non-hydrogen) atoms. The van der Waals surface area contributed by atoms with Gasteiger partial charge in [-0.2, -0.15) is 0 Å².